The van der Waals surface area contributed by atoms with Gasteiger partial charge in [0.1, 0.15) is 5.82 Å². The van der Waals surface area contributed by atoms with Crippen LogP contribution in [0.1, 0.15) is 62.6 Å². The summed E-state index contributed by atoms with van der Waals surface area (Å²) in [4.78, 5) is 0. The van der Waals surface area contributed by atoms with Crippen LogP contribution in [-0.4, -0.2) is 19.3 Å². The second kappa shape index (κ2) is 7.37. The highest BCUT2D eigenvalue weighted by Crippen LogP contribution is 2.41. The number of aryl methyl sites for hydroxylation is 1. The van der Waals surface area contributed by atoms with E-state index in [9.17, 15) is 4.39 Å². The molecule has 0 amide bonds. The van der Waals surface area contributed by atoms with Crippen molar-refractivity contribution in [1.82, 2.24) is 5.32 Å². The van der Waals surface area contributed by atoms with Gasteiger partial charge < -0.3 is 10.1 Å². The van der Waals surface area contributed by atoms with Gasteiger partial charge in [-0.2, -0.15) is 0 Å². The van der Waals surface area contributed by atoms with Gasteiger partial charge in [-0.3, -0.25) is 0 Å². The van der Waals surface area contributed by atoms with Gasteiger partial charge in [0.2, 0.25) is 0 Å². The third kappa shape index (κ3) is 3.64. The first-order valence-electron chi connectivity index (χ1n) is 8.17. The molecule has 1 aliphatic rings. The molecule has 0 aromatic heterocycles. The second-order valence-electron chi connectivity index (χ2n) is 6.20. The molecular formula is C18H28FNO. The zero-order chi connectivity index (χ0) is 15.3. The van der Waals surface area contributed by atoms with Crippen LogP contribution in [-0.2, 0) is 4.74 Å². The molecule has 2 rings (SSSR count). The molecule has 1 unspecified atom stereocenters. The van der Waals surface area contributed by atoms with E-state index in [1.807, 2.05) is 19.1 Å². The van der Waals surface area contributed by atoms with Crippen LogP contribution in [0.2, 0.25) is 0 Å². The Morgan fingerprint density at radius 3 is 2.48 bits per heavy atom. The Morgan fingerprint density at radius 2 is 1.90 bits per heavy atom. The van der Waals surface area contributed by atoms with Crippen molar-refractivity contribution in [2.75, 3.05) is 13.7 Å². The van der Waals surface area contributed by atoms with E-state index in [0.29, 0.717) is 0 Å². The largest absolute Gasteiger partial charge is 0.376 e. The van der Waals surface area contributed by atoms with E-state index in [2.05, 4.69) is 12.2 Å². The predicted octanol–water partition coefficient (Wildman–Crippen LogP) is 4.52. The van der Waals surface area contributed by atoms with E-state index in [4.69, 9.17) is 4.74 Å². The third-order valence-electron chi connectivity index (χ3n) is 4.75. The predicted molar refractivity (Wildman–Crippen MR) is 85.0 cm³/mol. The standard InChI is InChI=1S/C18H28FNO/c1-4-20-17(15-13-14(2)9-10-16(15)19)18(21-3)11-7-5-6-8-12-18/h9-10,13,17,20H,4-8,11-12H2,1-3H3. The molecular weight excluding hydrogens is 265 g/mol. The average molecular weight is 293 g/mol. The lowest BCUT2D eigenvalue weighted by atomic mass is 9.81. The summed E-state index contributed by atoms with van der Waals surface area (Å²) in [7, 11) is 1.78. The summed E-state index contributed by atoms with van der Waals surface area (Å²) >= 11 is 0. The lowest BCUT2D eigenvalue weighted by Crippen LogP contribution is -2.45. The molecule has 1 aromatic rings. The van der Waals surface area contributed by atoms with Crippen LogP contribution >= 0.6 is 0 Å². The number of benzene rings is 1. The van der Waals surface area contributed by atoms with Crippen LogP contribution in [0, 0.1) is 12.7 Å². The number of hydrogen-bond donors (Lipinski definition) is 1. The highest BCUT2D eigenvalue weighted by atomic mass is 19.1. The van der Waals surface area contributed by atoms with E-state index in [0.717, 1.165) is 43.4 Å². The highest BCUT2D eigenvalue weighted by Gasteiger charge is 2.40. The molecule has 2 nitrogen and oxygen atoms in total. The Kier molecular flexibility index (Phi) is 5.77. The van der Waals surface area contributed by atoms with E-state index in [1.165, 1.54) is 12.8 Å². The van der Waals surface area contributed by atoms with Gasteiger partial charge in [0.15, 0.2) is 0 Å². The van der Waals surface area contributed by atoms with Gasteiger partial charge >= 0.3 is 0 Å². The summed E-state index contributed by atoms with van der Waals surface area (Å²) in [5, 5.41) is 3.49. The van der Waals surface area contributed by atoms with Gasteiger partial charge in [0, 0.05) is 12.7 Å². The Morgan fingerprint density at radius 1 is 1.24 bits per heavy atom. The van der Waals surface area contributed by atoms with Crippen molar-refractivity contribution in [3.05, 3.63) is 35.1 Å². The normalized spacial score (nSPS) is 20.0. The first-order valence-corrected chi connectivity index (χ1v) is 8.17. The Bertz CT molecular complexity index is 453. The minimum Gasteiger partial charge on any atom is -0.376 e. The minimum atomic E-state index is -0.291. The fourth-order valence-corrected chi connectivity index (χ4v) is 3.61. The molecule has 0 spiro atoms. The summed E-state index contributed by atoms with van der Waals surface area (Å²) in [6, 6.07) is 5.29. The third-order valence-corrected chi connectivity index (χ3v) is 4.75. The number of hydrogen-bond acceptors (Lipinski definition) is 2. The maximum Gasteiger partial charge on any atom is 0.128 e. The van der Waals surface area contributed by atoms with E-state index < -0.39 is 0 Å². The molecule has 0 aliphatic heterocycles. The summed E-state index contributed by atoms with van der Waals surface area (Å²) < 4.78 is 20.4. The van der Waals surface area contributed by atoms with Crippen molar-refractivity contribution >= 4 is 0 Å². The zero-order valence-electron chi connectivity index (χ0n) is 13.5. The zero-order valence-corrected chi connectivity index (χ0v) is 13.5. The Hall–Kier alpha value is -0.930. The molecule has 1 fully saturated rings. The molecule has 118 valence electrons. The van der Waals surface area contributed by atoms with Crippen LogP contribution in [0.3, 0.4) is 0 Å². The molecule has 1 N–H and O–H groups in total. The first-order chi connectivity index (χ1) is 10.1. The average Bonchev–Trinajstić information content (AvgIpc) is 2.74. The maximum atomic E-state index is 14.4. The fourth-order valence-electron chi connectivity index (χ4n) is 3.61. The number of nitrogens with one attached hydrogen (secondary N) is 1. The van der Waals surface area contributed by atoms with Crippen molar-refractivity contribution in [2.24, 2.45) is 0 Å². The van der Waals surface area contributed by atoms with Crippen LogP contribution < -0.4 is 5.32 Å². The number of likely N-dealkylation sites (N-methyl/N-ethyl adjacent to an activating group) is 1. The summed E-state index contributed by atoms with van der Waals surface area (Å²) in [5.41, 5.74) is 1.55. The van der Waals surface area contributed by atoms with Gasteiger partial charge in [0.25, 0.3) is 0 Å². The highest BCUT2D eigenvalue weighted by molar-refractivity contribution is 5.29. The first kappa shape index (κ1) is 16.4. The smallest absolute Gasteiger partial charge is 0.128 e. The molecule has 0 radical (unpaired) electrons. The van der Waals surface area contributed by atoms with Crippen LogP contribution in [0.25, 0.3) is 0 Å². The van der Waals surface area contributed by atoms with Crippen LogP contribution in [0.15, 0.2) is 18.2 Å². The molecule has 0 heterocycles. The number of halogens is 1. The molecule has 1 atom stereocenters. The van der Waals surface area contributed by atoms with Gasteiger partial charge in [-0.05, 0) is 32.4 Å². The Balaban J connectivity index is 2.41. The number of rotatable bonds is 5. The van der Waals surface area contributed by atoms with Crippen molar-refractivity contribution < 1.29 is 9.13 Å². The lowest BCUT2D eigenvalue weighted by Gasteiger charge is -2.40. The van der Waals surface area contributed by atoms with E-state index >= 15 is 0 Å². The van der Waals surface area contributed by atoms with Crippen molar-refractivity contribution in [2.45, 2.75) is 64.0 Å². The molecule has 1 aliphatic carbocycles. The van der Waals surface area contributed by atoms with E-state index in [-0.39, 0.29) is 17.5 Å². The molecule has 0 saturated heterocycles. The molecule has 21 heavy (non-hydrogen) atoms. The van der Waals surface area contributed by atoms with Gasteiger partial charge in [-0.1, -0.05) is 50.3 Å². The lowest BCUT2D eigenvalue weighted by molar-refractivity contribution is -0.0544. The topological polar surface area (TPSA) is 21.3 Å². The molecule has 1 aromatic carbocycles. The van der Waals surface area contributed by atoms with Gasteiger partial charge in [0.05, 0.1) is 11.6 Å². The van der Waals surface area contributed by atoms with Crippen molar-refractivity contribution in [3.8, 4) is 0 Å². The van der Waals surface area contributed by atoms with Gasteiger partial charge in [-0.15, -0.1) is 0 Å². The minimum absolute atomic E-state index is 0.0782. The quantitative estimate of drug-likeness (QED) is 0.806. The molecule has 1 saturated carbocycles. The number of ether oxygens (including phenoxy) is 1. The Labute approximate surface area is 128 Å². The summed E-state index contributed by atoms with van der Waals surface area (Å²) in [6.07, 6.45) is 6.80. The van der Waals surface area contributed by atoms with Crippen LogP contribution in [0.4, 0.5) is 4.39 Å². The van der Waals surface area contributed by atoms with E-state index in [1.54, 1.807) is 13.2 Å². The van der Waals surface area contributed by atoms with Crippen molar-refractivity contribution in [3.63, 3.8) is 0 Å². The fraction of sp³-hybridized carbons (Fsp3) is 0.667. The monoisotopic (exact) mass is 293 g/mol. The summed E-state index contributed by atoms with van der Waals surface area (Å²) in [6.45, 7) is 4.89. The second-order valence-corrected chi connectivity index (χ2v) is 6.20. The SMILES string of the molecule is CCNC(c1cc(C)ccc1F)C1(OC)CCCCCC1. The van der Waals surface area contributed by atoms with Gasteiger partial charge in [-0.25, -0.2) is 4.39 Å². The van der Waals surface area contributed by atoms with Crippen LogP contribution in [0.5, 0.6) is 0 Å². The van der Waals surface area contributed by atoms with Crippen molar-refractivity contribution in [1.29, 1.82) is 0 Å². The molecule has 0 bridgehead atoms. The molecule has 3 heteroatoms. The maximum absolute atomic E-state index is 14.4. The summed E-state index contributed by atoms with van der Waals surface area (Å²) in [5.74, 6) is -0.132. The number of methoxy groups -OCH3 is 1.